The zero-order valence-electron chi connectivity index (χ0n) is 15.3. The summed E-state index contributed by atoms with van der Waals surface area (Å²) >= 11 is 0. The molecule has 1 atom stereocenters. The van der Waals surface area contributed by atoms with Crippen LogP contribution < -0.4 is 4.90 Å². The van der Waals surface area contributed by atoms with Crippen molar-refractivity contribution in [3.63, 3.8) is 0 Å². The SMILES string of the molecule is N#CC1(c2ccccc2)CCN([C@H]2CC(=O)N(c3cccc(F)c3)C2=O)CC1. The van der Waals surface area contributed by atoms with Crippen molar-refractivity contribution >= 4 is 17.5 Å². The van der Waals surface area contributed by atoms with Crippen molar-refractivity contribution < 1.29 is 14.0 Å². The van der Waals surface area contributed by atoms with Gasteiger partial charge in [0.2, 0.25) is 5.91 Å². The predicted octanol–water partition coefficient (Wildman–Crippen LogP) is 3.01. The number of halogens is 1. The third-order valence-electron chi connectivity index (χ3n) is 5.82. The van der Waals surface area contributed by atoms with Crippen molar-refractivity contribution in [1.29, 1.82) is 5.26 Å². The Morgan fingerprint density at radius 1 is 1.04 bits per heavy atom. The van der Waals surface area contributed by atoms with Gasteiger partial charge in [-0.3, -0.25) is 14.5 Å². The van der Waals surface area contributed by atoms with Crippen LogP contribution in [0.25, 0.3) is 0 Å². The molecule has 0 spiro atoms. The summed E-state index contributed by atoms with van der Waals surface area (Å²) < 4.78 is 13.5. The number of nitriles is 1. The molecule has 0 N–H and O–H groups in total. The van der Waals surface area contributed by atoms with E-state index in [0.717, 1.165) is 10.5 Å². The molecule has 0 saturated carbocycles. The average molecular weight is 377 g/mol. The van der Waals surface area contributed by atoms with Crippen LogP contribution in [0, 0.1) is 17.1 Å². The maximum atomic E-state index is 13.5. The van der Waals surface area contributed by atoms with Gasteiger partial charge < -0.3 is 0 Å². The molecule has 4 rings (SSSR count). The number of benzene rings is 2. The normalized spacial score (nSPS) is 22.3. The van der Waals surface area contributed by atoms with Crippen molar-refractivity contribution in [2.45, 2.75) is 30.7 Å². The largest absolute Gasteiger partial charge is 0.291 e. The van der Waals surface area contributed by atoms with Gasteiger partial charge in [-0.05, 0) is 36.6 Å². The zero-order chi connectivity index (χ0) is 19.7. The second-order valence-electron chi connectivity index (χ2n) is 7.36. The van der Waals surface area contributed by atoms with E-state index in [1.165, 1.54) is 18.2 Å². The van der Waals surface area contributed by atoms with Gasteiger partial charge in [0.1, 0.15) is 5.82 Å². The fourth-order valence-electron chi connectivity index (χ4n) is 4.23. The molecule has 2 fully saturated rings. The number of rotatable bonds is 3. The number of hydrogen-bond acceptors (Lipinski definition) is 4. The summed E-state index contributed by atoms with van der Waals surface area (Å²) in [6.45, 7) is 1.12. The van der Waals surface area contributed by atoms with E-state index in [0.29, 0.717) is 25.9 Å². The topological polar surface area (TPSA) is 64.4 Å². The fraction of sp³-hybridized carbons (Fsp3) is 0.318. The summed E-state index contributed by atoms with van der Waals surface area (Å²) in [5, 5.41) is 9.82. The number of amides is 2. The van der Waals surface area contributed by atoms with Gasteiger partial charge in [0.05, 0.1) is 29.6 Å². The number of imide groups is 1. The molecular formula is C22H20FN3O2. The smallest absolute Gasteiger partial charge is 0.251 e. The molecule has 2 aromatic carbocycles. The van der Waals surface area contributed by atoms with E-state index in [2.05, 4.69) is 6.07 Å². The highest BCUT2D eigenvalue weighted by Crippen LogP contribution is 2.37. The number of hydrogen-bond donors (Lipinski definition) is 0. The minimum atomic E-state index is -0.564. The van der Waals surface area contributed by atoms with E-state index in [4.69, 9.17) is 0 Å². The summed E-state index contributed by atoms with van der Waals surface area (Å²) in [4.78, 5) is 28.4. The van der Waals surface area contributed by atoms with Gasteiger partial charge >= 0.3 is 0 Å². The van der Waals surface area contributed by atoms with Crippen LogP contribution in [0.2, 0.25) is 0 Å². The lowest BCUT2D eigenvalue weighted by atomic mass is 9.74. The fourth-order valence-corrected chi connectivity index (χ4v) is 4.23. The molecule has 28 heavy (non-hydrogen) atoms. The van der Waals surface area contributed by atoms with Crippen LogP contribution in [-0.2, 0) is 15.0 Å². The van der Waals surface area contributed by atoms with Crippen molar-refractivity contribution in [3.8, 4) is 6.07 Å². The van der Waals surface area contributed by atoms with E-state index in [1.54, 1.807) is 6.07 Å². The molecule has 2 aromatic rings. The third kappa shape index (κ3) is 3.08. The van der Waals surface area contributed by atoms with Crippen molar-refractivity contribution in [2.75, 3.05) is 18.0 Å². The zero-order valence-corrected chi connectivity index (χ0v) is 15.3. The van der Waals surface area contributed by atoms with E-state index in [1.807, 2.05) is 35.2 Å². The molecule has 2 heterocycles. The van der Waals surface area contributed by atoms with Crippen LogP contribution in [0.15, 0.2) is 54.6 Å². The predicted molar refractivity (Wildman–Crippen MR) is 102 cm³/mol. The molecule has 0 aliphatic carbocycles. The lowest BCUT2D eigenvalue weighted by molar-refractivity contribution is -0.123. The minimum Gasteiger partial charge on any atom is -0.291 e. The van der Waals surface area contributed by atoms with Crippen LogP contribution in [0.3, 0.4) is 0 Å². The molecule has 6 heteroatoms. The number of nitrogens with zero attached hydrogens (tertiary/aromatic N) is 3. The Morgan fingerprint density at radius 3 is 2.39 bits per heavy atom. The van der Waals surface area contributed by atoms with Crippen LogP contribution in [0.5, 0.6) is 0 Å². The molecule has 0 aromatic heterocycles. The molecule has 2 aliphatic heterocycles. The lowest BCUT2D eigenvalue weighted by Gasteiger charge is -2.39. The molecule has 2 saturated heterocycles. The molecular weight excluding hydrogens is 357 g/mol. The second-order valence-corrected chi connectivity index (χ2v) is 7.36. The van der Waals surface area contributed by atoms with Crippen LogP contribution in [-0.4, -0.2) is 35.8 Å². The maximum absolute atomic E-state index is 13.5. The molecule has 0 unspecified atom stereocenters. The highest BCUT2D eigenvalue weighted by Gasteiger charge is 2.46. The number of piperidine rings is 1. The molecule has 0 radical (unpaired) electrons. The highest BCUT2D eigenvalue weighted by atomic mass is 19.1. The van der Waals surface area contributed by atoms with E-state index >= 15 is 0 Å². The summed E-state index contributed by atoms with van der Waals surface area (Å²) in [5.41, 5.74) is 0.698. The molecule has 0 bridgehead atoms. The summed E-state index contributed by atoms with van der Waals surface area (Å²) in [6, 6.07) is 17.2. The number of carbonyl (C=O) groups excluding carboxylic acids is 2. The van der Waals surface area contributed by atoms with Crippen molar-refractivity contribution in [3.05, 3.63) is 66.0 Å². The Labute approximate surface area is 163 Å². The maximum Gasteiger partial charge on any atom is 0.251 e. The first kappa shape index (κ1) is 18.3. The summed E-state index contributed by atoms with van der Waals surface area (Å²) in [6.07, 6.45) is 1.29. The van der Waals surface area contributed by atoms with Gasteiger partial charge in [0.15, 0.2) is 0 Å². The van der Waals surface area contributed by atoms with Crippen molar-refractivity contribution in [1.82, 2.24) is 4.90 Å². The average Bonchev–Trinajstić information content (AvgIpc) is 3.02. The Bertz CT molecular complexity index is 946. The third-order valence-corrected chi connectivity index (χ3v) is 5.82. The standard InChI is InChI=1S/C22H20FN3O2/c23-17-7-4-8-18(13-17)26-20(27)14-19(21(26)28)25-11-9-22(15-24,10-12-25)16-5-2-1-3-6-16/h1-8,13,19H,9-12,14H2/t19-/m0/s1. The first-order valence-electron chi connectivity index (χ1n) is 9.37. The number of anilines is 1. The van der Waals surface area contributed by atoms with E-state index in [-0.39, 0.29) is 23.9 Å². The highest BCUT2D eigenvalue weighted by molar-refractivity contribution is 6.22. The monoisotopic (exact) mass is 377 g/mol. The second kappa shape index (κ2) is 7.17. The number of carbonyl (C=O) groups is 2. The van der Waals surface area contributed by atoms with Crippen molar-refractivity contribution in [2.24, 2.45) is 0 Å². The molecule has 142 valence electrons. The van der Waals surface area contributed by atoms with Gasteiger partial charge in [-0.15, -0.1) is 0 Å². The minimum absolute atomic E-state index is 0.0836. The van der Waals surface area contributed by atoms with Crippen LogP contribution >= 0.6 is 0 Å². The Kier molecular flexibility index (Phi) is 4.70. The molecule has 5 nitrogen and oxygen atoms in total. The van der Waals surface area contributed by atoms with Gasteiger partial charge in [-0.25, -0.2) is 9.29 Å². The molecule has 2 amide bonds. The lowest BCUT2D eigenvalue weighted by Crippen LogP contribution is -2.49. The number of likely N-dealkylation sites (tertiary alicyclic amines) is 1. The summed E-state index contributed by atoms with van der Waals surface area (Å²) in [5.74, 6) is -1.12. The van der Waals surface area contributed by atoms with Gasteiger partial charge in [-0.2, -0.15) is 5.26 Å². The van der Waals surface area contributed by atoms with Gasteiger partial charge in [0.25, 0.3) is 5.91 Å². The van der Waals surface area contributed by atoms with Gasteiger partial charge in [-0.1, -0.05) is 36.4 Å². The Balaban J connectivity index is 1.50. The Morgan fingerprint density at radius 2 is 1.75 bits per heavy atom. The Hall–Kier alpha value is -3.04. The first-order valence-corrected chi connectivity index (χ1v) is 9.37. The van der Waals surface area contributed by atoms with Crippen LogP contribution in [0.1, 0.15) is 24.8 Å². The van der Waals surface area contributed by atoms with E-state index < -0.39 is 17.3 Å². The van der Waals surface area contributed by atoms with E-state index in [9.17, 15) is 19.2 Å². The molecule has 2 aliphatic rings. The van der Waals surface area contributed by atoms with Gasteiger partial charge in [0, 0.05) is 13.1 Å². The summed E-state index contributed by atoms with van der Waals surface area (Å²) in [7, 11) is 0. The van der Waals surface area contributed by atoms with Crippen LogP contribution in [0.4, 0.5) is 10.1 Å². The quantitative estimate of drug-likeness (QED) is 0.772. The first-order chi connectivity index (χ1) is 13.5.